The van der Waals surface area contributed by atoms with Crippen LogP contribution >= 0.6 is 0 Å². The molecular weight excluding hydrogens is 164 g/mol. The van der Waals surface area contributed by atoms with Crippen LogP contribution in [0.15, 0.2) is 0 Å². The smallest absolute Gasteiger partial charge is 0.0697 e. The van der Waals surface area contributed by atoms with Gasteiger partial charge in [-0.3, -0.25) is 0 Å². The molecule has 3 unspecified atom stereocenters. The van der Waals surface area contributed by atoms with E-state index in [1.807, 2.05) is 13.8 Å². The normalized spacial score (nSPS) is 42.2. The van der Waals surface area contributed by atoms with Gasteiger partial charge >= 0.3 is 0 Å². The minimum atomic E-state index is -0.679. The highest BCUT2D eigenvalue weighted by Gasteiger charge is 2.51. The van der Waals surface area contributed by atoms with E-state index in [4.69, 9.17) is 0 Å². The first-order valence-corrected chi connectivity index (χ1v) is 5.34. The molecule has 1 saturated carbocycles. The van der Waals surface area contributed by atoms with Gasteiger partial charge in [0.1, 0.15) is 0 Å². The first-order valence-electron chi connectivity index (χ1n) is 5.34. The lowest BCUT2D eigenvalue weighted by Gasteiger charge is -2.40. The zero-order valence-corrected chi connectivity index (χ0v) is 9.01. The molecule has 2 nitrogen and oxygen atoms in total. The zero-order chi connectivity index (χ0) is 10.1. The van der Waals surface area contributed by atoms with E-state index in [0.717, 1.165) is 32.1 Å². The lowest BCUT2D eigenvalue weighted by Crippen LogP contribution is -2.47. The maximum Gasteiger partial charge on any atom is 0.0697 e. The first-order chi connectivity index (χ1) is 5.94. The highest BCUT2D eigenvalue weighted by molar-refractivity contribution is 5.02. The third kappa shape index (κ3) is 1.75. The molecule has 0 aromatic heterocycles. The second-order valence-electron chi connectivity index (χ2n) is 4.85. The van der Waals surface area contributed by atoms with Gasteiger partial charge in [0.15, 0.2) is 0 Å². The fourth-order valence-corrected chi connectivity index (χ4v) is 2.47. The Morgan fingerprint density at radius 3 is 2.31 bits per heavy atom. The molecule has 0 aromatic carbocycles. The Bertz CT molecular complexity index is 177. The highest BCUT2D eigenvalue weighted by Crippen LogP contribution is 2.49. The maximum atomic E-state index is 10.2. The fraction of sp³-hybridized carbons (Fsp3) is 1.00. The van der Waals surface area contributed by atoms with Crippen molar-refractivity contribution in [3.8, 4) is 0 Å². The summed E-state index contributed by atoms with van der Waals surface area (Å²) in [5, 5.41) is 20.1. The van der Waals surface area contributed by atoms with Crippen molar-refractivity contribution >= 4 is 0 Å². The first kappa shape index (κ1) is 11.0. The third-order valence-corrected chi connectivity index (χ3v) is 3.89. The van der Waals surface area contributed by atoms with Crippen LogP contribution in [0.3, 0.4) is 0 Å². The molecule has 3 atom stereocenters. The number of aliphatic hydroxyl groups is 2. The van der Waals surface area contributed by atoms with Crippen LogP contribution in [0.4, 0.5) is 0 Å². The predicted octanol–water partition coefficient (Wildman–Crippen LogP) is 2.09. The summed E-state index contributed by atoms with van der Waals surface area (Å²) in [6.45, 7) is 5.94. The topological polar surface area (TPSA) is 40.5 Å². The number of aliphatic hydroxyl groups excluding tert-OH is 1. The van der Waals surface area contributed by atoms with E-state index in [-0.39, 0.29) is 11.5 Å². The minimum Gasteiger partial charge on any atom is -0.392 e. The quantitative estimate of drug-likeness (QED) is 0.708. The van der Waals surface area contributed by atoms with E-state index in [9.17, 15) is 10.2 Å². The minimum absolute atomic E-state index is 0.289. The molecule has 1 fully saturated rings. The average Bonchev–Trinajstić information content (AvgIpc) is 2.28. The molecule has 0 spiro atoms. The summed E-state index contributed by atoms with van der Waals surface area (Å²) in [5.41, 5.74) is -0.968. The molecule has 2 heteroatoms. The standard InChI is InChI=1S/C11H22O2/c1-4-6-9(12)10(2)7-5-8-11(10,3)13/h9,12-13H,4-8H2,1-3H3. The molecule has 0 aliphatic heterocycles. The molecule has 0 radical (unpaired) electrons. The third-order valence-electron chi connectivity index (χ3n) is 3.89. The van der Waals surface area contributed by atoms with Gasteiger partial charge in [0.2, 0.25) is 0 Å². The summed E-state index contributed by atoms with van der Waals surface area (Å²) in [6, 6.07) is 0. The van der Waals surface area contributed by atoms with Crippen LogP contribution in [0.25, 0.3) is 0 Å². The van der Waals surface area contributed by atoms with Gasteiger partial charge in [0.25, 0.3) is 0 Å². The molecule has 1 aliphatic rings. The van der Waals surface area contributed by atoms with Gasteiger partial charge in [-0.25, -0.2) is 0 Å². The van der Waals surface area contributed by atoms with Crippen LogP contribution < -0.4 is 0 Å². The van der Waals surface area contributed by atoms with Gasteiger partial charge < -0.3 is 10.2 Å². The summed E-state index contributed by atoms with van der Waals surface area (Å²) in [7, 11) is 0. The molecular formula is C11H22O2. The van der Waals surface area contributed by atoms with Gasteiger partial charge in [0.05, 0.1) is 11.7 Å². The van der Waals surface area contributed by atoms with E-state index < -0.39 is 5.60 Å². The molecule has 78 valence electrons. The Hall–Kier alpha value is -0.0800. The Labute approximate surface area is 81.0 Å². The van der Waals surface area contributed by atoms with Gasteiger partial charge in [-0.05, 0) is 32.6 Å². The molecule has 0 bridgehead atoms. The average molecular weight is 186 g/mol. The molecule has 0 heterocycles. The van der Waals surface area contributed by atoms with Gasteiger partial charge in [-0.1, -0.05) is 20.3 Å². The largest absolute Gasteiger partial charge is 0.392 e. The summed E-state index contributed by atoms with van der Waals surface area (Å²) in [5.74, 6) is 0. The highest BCUT2D eigenvalue weighted by atomic mass is 16.3. The second kappa shape index (κ2) is 3.58. The van der Waals surface area contributed by atoms with E-state index in [1.165, 1.54) is 0 Å². The van der Waals surface area contributed by atoms with Crippen LogP contribution in [0.5, 0.6) is 0 Å². The van der Waals surface area contributed by atoms with Gasteiger partial charge in [-0.15, -0.1) is 0 Å². The maximum absolute atomic E-state index is 10.2. The Morgan fingerprint density at radius 2 is 1.92 bits per heavy atom. The van der Waals surface area contributed by atoms with E-state index in [1.54, 1.807) is 0 Å². The molecule has 13 heavy (non-hydrogen) atoms. The molecule has 2 N–H and O–H groups in total. The van der Waals surface area contributed by atoms with Crippen molar-refractivity contribution in [2.45, 2.75) is 64.6 Å². The van der Waals surface area contributed by atoms with Crippen molar-refractivity contribution < 1.29 is 10.2 Å². The molecule has 1 aliphatic carbocycles. The summed E-state index contributed by atoms with van der Waals surface area (Å²) < 4.78 is 0. The number of rotatable bonds is 3. The molecule has 1 rings (SSSR count). The van der Waals surface area contributed by atoms with Crippen molar-refractivity contribution in [1.82, 2.24) is 0 Å². The Kier molecular flexibility index (Phi) is 3.03. The van der Waals surface area contributed by atoms with Crippen LogP contribution in [0.2, 0.25) is 0 Å². The second-order valence-corrected chi connectivity index (χ2v) is 4.85. The van der Waals surface area contributed by atoms with Gasteiger partial charge in [0, 0.05) is 5.41 Å². The lowest BCUT2D eigenvalue weighted by molar-refractivity contribution is -0.105. The van der Waals surface area contributed by atoms with Crippen molar-refractivity contribution in [1.29, 1.82) is 0 Å². The van der Waals surface area contributed by atoms with Crippen LogP contribution in [0.1, 0.15) is 52.9 Å². The van der Waals surface area contributed by atoms with Crippen LogP contribution in [0, 0.1) is 5.41 Å². The van der Waals surface area contributed by atoms with E-state index >= 15 is 0 Å². The SMILES string of the molecule is CCCC(O)C1(C)CCCC1(C)O. The van der Waals surface area contributed by atoms with E-state index in [2.05, 4.69) is 6.92 Å². The van der Waals surface area contributed by atoms with Crippen molar-refractivity contribution in [3.63, 3.8) is 0 Å². The van der Waals surface area contributed by atoms with Crippen molar-refractivity contribution in [3.05, 3.63) is 0 Å². The van der Waals surface area contributed by atoms with E-state index in [0.29, 0.717) is 0 Å². The number of hydrogen-bond donors (Lipinski definition) is 2. The molecule has 0 saturated heterocycles. The van der Waals surface area contributed by atoms with Crippen LogP contribution in [-0.4, -0.2) is 21.9 Å². The van der Waals surface area contributed by atoms with Crippen molar-refractivity contribution in [2.24, 2.45) is 5.41 Å². The monoisotopic (exact) mass is 186 g/mol. The summed E-state index contributed by atoms with van der Waals surface area (Å²) in [4.78, 5) is 0. The Morgan fingerprint density at radius 1 is 1.31 bits per heavy atom. The van der Waals surface area contributed by atoms with Crippen molar-refractivity contribution in [2.75, 3.05) is 0 Å². The fourth-order valence-electron chi connectivity index (χ4n) is 2.47. The lowest BCUT2D eigenvalue weighted by atomic mass is 9.71. The number of hydrogen-bond acceptors (Lipinski definition) is 2. The van der Waals surface area contributed by atoms with Gasteiger partial charge in [-0.2, -0.15) is 0 Å². The Balaban J connectivity index is 2.74. The molecule has 0 amide bonds. The predicted molar refractivity (Wildman–Crippen MR) is 53.5 cm³/mol. The van der Waals surface area contributed by atoms with Crippen LogP contribution in [-0.2, 0) is 0 Å². The molecule has 0 aromatic rings. The summed E-state index contributed by atoms with van der Waals surface area (Å²) in [6.07, 6.45) is 4.23. The zero-order valence-electron chi connectivity index (χ0n) is 9.01. The summed E-state index contributed by atoms with van der Waals surface area (Å²) >= 11 is 0.